The first-order valence-electron chi connectivity index (χ1n) is 8.73. The molecule has 3 N–H and O–H groups in total. The van der Waals surface area contributed by atoms with E-state index in [1.54, 1.807) is 0 Å². The number of nitrogens with one attached hydrogen (secondary N) is 1. The minimum Gasteiger partial charge on any atom is -0.364 e. The quantitative estimate of drug-likeness (QED) is 0.735. The van der Waals surface area contributed by atoms with Crippen LogP contribution < -0.4 is 11.4 Å². The summed E-state index contributed by atoms with van der Waals surface area (Å²) in [5.74, 6) is -0.110. The lowest BCUT2D eigenvalue weighted by Gasteiger charge is -2.11. The molecule has 26 heavy (non-hydrogen) atoms. The van der Waals surface area contributed by atoms with Crippen LogP contribution in [0.1, 0.15) is 60.0 Å². The molecule has 0 aliphatic heterocycles. The Hall–Kier alpha value is -2.96. The monoisotopic (exact) mass is 353 g/mol. The molecule has 0 spiro atoms. The van der Waals surface area contributed by atoms with Gasteiger partial charge in [0.25, 0.3) is 5.91 Å². The summed E-state index contributed by atoms with van der Waals surface area (Å²) in [5.41, 5.74) is 8.71. The Labute approximate surface area is 151 Å². The molecule has 0 saturated carbocycles. The van der Waals surface area contributed by atoms with Gasteiger partial charge in [-0.2, -0.15) is 0 Å². The summed E-state index contributed by atoms with van der Waals surface area (Å²) in [4.78, 5) is 36.1. The normalized spacial score (nSPS) is 12.5. The van der Waals surface area contributed by atoms with E-state index in [9.17, 15) is 9.59 Å². The average molecular weight is 353 g/mol. The van der Waals surface area contributed by atoms with E-state index in [0.717, 1.165) is 24.0 Å². The van der Waals surface area contributed by atoms with E-state index in [1.165, 1.54) is 4.57 Å². The molecule has 7 nitrogen and oxygen atoms in total. The number of carbonyl (C=O) groups is 1. The minimum absolute atomic E-state index is 0.0487. The Morgan fingerprint density at radius 2 is 2.00 bits per heavy atom. The number of aryl methyl sites for hydroxylation is 2. The topological polar surface area (TPSA) is 107 Å². The van der Waals surface area contributed by atoms with Gasteiger partial charge in [-0.25, -0.2) is 19.3 Å². The number of hydrogen-bond donors (Lipinski definition) is 2. The zero-order valence-corrected chi connectivity index (χ0v) is 15.5. The molecular weight excluding hydrogens is 330 g/mol. The zero-order valence-electron chi connectivity index (χ0n) is 15.5. The number of rotatable bonds is 5. The Morgan fingerprint density at radius 1 is 1.27 bits per heavy atom. The first kappa shape index (κ1) is 17.8. The third-order valence-corrected chi connectivity index (χ3v) is 4.70. The summed E-state index contributed by atoms with van der Waals surface area (Å²) in [6, 6.07) is 5.73. The van der Waals surface area contributed by atoms with Crippen LogP contribution in [0.4, 0.5) is 0 Å². The van der Waals surface area contributed by atoms with Gasteiger partial charge < -0.3 is 10.7 Å². The Kier molecular flexibility index (Phi) is 4.63. The lowest BCUT2D eigenvalue weighted by atomic mass is 10.1. The Morgan fingerprint density at radius 3 is 2.62 bits per heavy atom. The minimum atomic E-state index is -0.684. The van der Waals surface area contributed by atoms with Crippen LogP contribution in [0.25, 0.3) is 16.9 Å². The number of aromatic amines is 1. The van der Waals surface area contributed by atoms with Crippen LogP contribution in [-0.2, 0) is 0 Å². The molecule has 7 heteroatoms. The van der Waals surface area contributed by atoms with Crippen LogP contribution in [0.3, 0.4) is 0 Å². The number of nitrogens with two attached hydrogens (primary N) is 1. The Balaban J connectivity index is 2.33. The summed E-state index contributed by atoms with van der Waals surface area (Å²) in [6.07, 6.45) is 1.84. The molecule has 0 fully saturated rings. The summed E-state index contributed by atoms with van der Waals surface area (Å²) in [5, 5.41) is 0. The fourth-order valence-corrected chi connectivity index (χ4v) is 3.07. The SMILES string of the molecule is CCC[C@H](C)c1nc(C(N)=O)c2[nH]c(=O)n(-c3ccc(C)c(C)c3)c2n1. The van der Waals surface area contributed by atoms with E-state index >= 15 is 0 Å². The van der Waals surface area contributed by atoms with Crippen molar-refractivity contribution in [3.05, 3.63) is 51.3 Å². The predicted octanol–water partition coefficient (Wildman–Crippen LogP) is 2.73. The third kappa shape index (κ3) is 3.00. The third-order valence-electron chi connectivity index (χ3n) is 4.70. The number of amides is 1. The van der Waals surface area contributed by atoms with Gasteiger partial charge in [0.1, 0.15) is 11.3 Å². The maximum absolute atomic E-state index is 12.6. The molecular formula is C19H23N5O2. The van der Waals surface area contributed by atoms with E-state index in [0.29, 0.717) is 17.2 Å². The molecule has 0 bridgehead atoms. The van der Waals surface area contributed by atoms with Crippen LogP contribution in [-0.4, -0.2) is 25.4 Å². The second-order valence-electron chi connectivity index (χ2n) is 6.72. The molecule has 0 saturated heterocycles. The molecule has 2 heterocycles. The van der Waals surface area contributed by atoms with Gasteiger partial charge in [0, 0.05) is 5.92 Å². The van der Waals surface area contributed by atoms with Gasteiger partial charge in [-0.15, -0.1) is 0 Å². The lowest BCUT2D eigenvalue weighted by molar-refractivity contribution is 0.0996. The van der Waals surface area contributed by atoms with Crippen molar-refractivity contribution < 1.29 is 4.79 Å². The highest BCUT2D eigenvalue weighted by Crippen LogP contribution is 2.23. The Bertz CT molecular complexity index is 1050. The summed E-state index contributed by atoms with van der Waals surface area (Å²) < 4.78 is 1.47. The standard InChI is InChI=1S/C19H23N5O2/c1-5-6-11(3)17-21-14(16(20)25)15-18(23-17)24(19(26)22-15)13-8-7-10(2)12(4)9-13/h7-9,11H,5-6H2,1-4H3,(H2,20,25)(H,22,26)/t11-/m0/s1. The van der Waals surface area contributed by atoms with Gasteiger partial charge >= 0.3 is 5.69 Å². The van der Waals surface area contributed by atoms with Crippen molar-refractivity contribution in [3.8, 4) is 5.69 Å². The van der Waals surface area contributed by atoms with E-state index in [-0.39, 0.29) is 22.8 Å². The highest BCUT2D eigenvalue weighted by Gasteiger charge is 2.21. The van der Waals surface area contributed by atoms with Crippen molar-refractivity contribution in [2.45, 2.75) is 46.5 Å². The van der Waals surface area contributed by atoms with Crippen molar-refractivity contribution in [1.82, 2.24) is 19.5 Å². The summed E-state index contributed by atoms with van der Waals surface area (Å²) >= 11 is 0. The summed E-state index contributed by atoms with van der Waals surface area (Å²) in [6.45, 7) is 8.07. The van der Waals surface area contributed by atoms with E-state index < -0.39 is 5.91 Å². The number of fused-ring (bicyclic) bond motifs is 1. The average Bonchev–Trinajstić information content (AvgIpc) is 2.92. The van der Waals surface area contributed by atoms with Crippen LogP contribution in [0.15, 0.2) is 23.0 Å². The maximum atomic E-state index is 12.6. The smallest absolute Gasteiger partial charge is 0.332 e. The van der Waals surface area contributed by atoms with Crippen LogP contribution >= 0.6 is 0 Å². The molecule has 0 aliphatic rings. The molecule has 1 amide bonds. The molecule has 136 valence electrons. The van der Waals surface area contributed by atoms with Gasteiger partial charge in [0.2, 0.25) is 0 Å². The molecule has 3 aromatic rings. The number of nitrogens with zero attached hydrogens (tertiary/aromatic N) is 3. The molecule has 2 aromatic heterocycles. The van der Waals surface area contributed by atoms with Gasteiger partial charge in [-0.3, -0.25) is 4.79 Å². The van der Waals surface area contributed by atoms with Crippen LogP contribution in [0, 0.1) is 13.8 Å². The van der Waals surface area contributed by atoms with Gasteiger partial charge in [0.15, 0.2) is 11.3 Å². The van der Waals surface area contributed by atoms with Crippen molar-refractivity contribution in [3.63, 3.8) is 0 Å². The summed E-state index contributed by atoms with van der Waals surface area (Å²) in [7, 11) is 0. The van der Waals surface area contributed by atoms with Crippen molar-refractivity contribution >= 4 is 17.1 Å². The first-order chi connectivity index (χ1) is 12.3. The lowest BCUT2D eigenvalue weighted by Crippen LogP contribution is -2.17. The van der Waals surface area contributed by atoms with Crippen LogP contribution in [0.5, 0.6) is 0 Å². The number of H-pyrrole nitrogens is 1. The molecule has 0 aliphatic carbocycles. The molecule has 1 aromatic carbocycles. The van der Waals surface area contributed by atoms with Gasteiger partial charge in [0.05, 0.1) is 5.69 Å². The number of aromatic nitrogens is 4. The first-order valence-corrected chi connectivity index (χ1v) is 8.73. The molecule has 1 atom stereocenters. The fraction of sp³-hybridized carbons (Fsp3) is 0.368. The number of carbonyl (C=O) groups excluding carboxylic acids is 1. The zero-order chi connectivity index (χ0) is 19.0. The largest absolute Gasteiger partial charge is 0.364 e. The highest BCUT2D eigenvalue weighted by molar-refractivity contribution is 6.01. The second kappa shape index (κ2) is 6.74. The number of primary amides is 1. The van der Waals surface area contributed by atoms with Gasteiger partial charge in [-0.05, 0) is 43.5 Å². The molecule has 0 unspecified atom stereocenters. The number of hydrogen-bond acceptors (Lipinski definition) is 4. The van der Waals surface area contributed by atoms with E-state index in [4.69, 9.17) is 5.73 Å². The van der Waals surface area contributed by atoms with Gasteiger partial charge in [-0.1, -0.05) is 26.3 Å². The van der Waals surface area contributed by atoms with Crippen LogP contribution in [0.2, 0.25) is 0 Å². The van der Waals surface area contributed by atoms with Crippen molar-refractivity contribution in [2.24, 2.45) is 5.73 Å². The predicted molar refractivity (Wildman–Crippen MR) is 101 cm³/mol. The maximum Gasteiger partial charge on any atom is 0.332 e. The van der Waals surface area contributed by atoms with Crippen molar-refractivity contribution in [1.29, 1.82) is 0 Å². The van der Waals surface area contributed by atoms with E-state index in [1.807, 2.05) is 39.0 Å². The number of benzene rings is 1. The second-order valence-corrected chi connectivity index (χ2v) is 6.72. The number of imidazole rings is 1. The highest BCUT2D eigenvalue weighted by atomic mass is 16.2. The van der Waals surface area contributed by atoms with Crippen molar-refractivity contribution in [2.75, 3.05) is 0 Å². The molecule has 0 radical (unpaired) electrons. The van der Waals surface area contributed by atoms with E-state index in [2.05, 4.69) is 21.9 Å². The fourth-order valence-electron chi connectivity index (χ4n) is 3.07. The molecule has 3 rings (SSSR count).